The van der Waals surface area contributed by atoms with E-state index in [1.807, 2.05) is 38.1 Å². The van der Waals surface area contributed by atoms with Gasteiger partial charge in [-0.25, -0.2) is 4.98 Å². The topological polar surface area (TPSA) is 76.2 Å². The van der Waals surface area contributed by atoms with Crippen molar-refractivity contribution in [2.24, 2.45) is 0 Å². The van der Waals surface area contributed by atoms with E-state index < -0.39 is 0 Å². The van der Waals surface area contributed by atoms with Crippen LogP contribution in [0, 0.1) is 0 Å². The third kappa shape index (κ3) is 4.78. The Morgan fingerprint density at radius 1 is 1.19 bits per heavy atom. The van der Waals surface area contributed by atoms with Gasteiger partial charge in [0.25, 0.3) is 5.91 Å². The van der Waals surface area contributed by atoms with Gasteiger partial charge in [0.1, 0.15) is 5.82 Å². The van der Waals surface area contributed by atoms with Gasteiger partial charge in [0, 0.05) is 18.5 Å². The maximum Gasteiger partial charge on any atom is 0.251 e. The number of aromatic nitrogens is 2. The summed E-state index contributed by atoms with van der Waals surface area (Å²) in [4.78, 5) is 20.2. The second-order valence-electron chi connectivity index (χ2n) is 6.59. The lowest BCUT2D eigenvalue weighted by Crippen LogP contribution is -2.25. The molecule has 2 aromatic carbocycles. The molecule has 0 bridgehead atoms. The maximum atomic E-state index is 12.4. The number of para-hydroxylation sites is 2. The van der Waals surface area contributed by atoms with Gasteiger partial charge in [-0.15, -0.1) is 0 Å². The molecule has 0 aliphatic rings. The Morgan fingerprint density at radius 2 is 2.00 bits per heavy atom. The van der Waals surface area contributed by atoms with E-state index in [1.54, 1.807) is 25.3 Å². The molecule has 0 saturated carbocycles. The molecular weight excluding hydrogens is 342 g/mol. The van der Waals surface area contributed by atoms with E-state index in [9.17, 15) is 4.79 Å². The van der Waals surface area contributed by atoms with E-state index >= 15 is 0 Å². The van der Waals surface area contributed by atoms with Crippen LogP contribution in [-0.2, 0) is 6.42 Å². The minimum absolute atomic E-state index is 0.0387. The maximum absolute atomic E-state index is 12.4. The first kappa shape index (κ1) is 18.8. The van der Waals surface area contributed by atoms with Crippen LogP contribution in [0.5, 0.6) is 11.5 Å². The molecule has 6 nitrogen and oxygen atoms in total. The van der Waals surface area contributed by atoms with Crippen LogP contribution < -0.4 is 14.8 Å². The number of carbonyl (C=O) groups is 1. The lowest BCUT2D eigenvalue weighted by molar-refractivity contribution is 0.0952. The number of nitrogens with zero attached hydrogens (tertiary/aromatic N) is 1. The number of nitrogens with one attached hydrogen (secondary N) is 2. The highest BCUT2D eigenvalue weighted by Gasteiger charge is 2.12. The first-order chi connectivity index (χ1) is 13.1. The average molecular weight is 367 g/mol. The molecule has 2 N–H and O–H groups in total. The van der Waals surface area contributed by atoms with Crippen molar-refractivity contribution in [3.63, 3.8) is 0 Å². The Morgan fingerprint density at radius 3 is 2.74 bits per heavy atom. The number of ether oxygens (including phenoxy) is 2. The molecular formula is C21H25N3O3. The van der Waals surface area contributed by atoms with Gasteiger partial charge in [-0.2, -0.15) is 0 Å². The third-order valence-corrected chi connectivity index (χ3v) is 4.10. The first-order valence-electron chi connectivity index (χ1n) is 9.13. The minimum Gasteiger partial charge on any atom is -0.493 e. The fraction of sp³-hybridized carbons (Fsp3) is 0.333. The molecule has 0 aliphatic heterocycles. The van der Waals surface area contributed by atoms with Crippen LogP contribution in [0.1, 0.15) is 36.5 Å². The molecule has 1 aromatic heterocycles. The van der Waals surface area contributed by atoms with E-state index in [-0.39, 0.29) is 12.0 Å². The molecule has 0 aliphatic carbocycles. The zero-order valence-electron chi connectivity index (χ0n) is 15.9. The van der Waals surface area contributed by atoms with Crippen LogP contribution in [0.3, 0.4) is 0 Å². The monoisotopic (exact) mass is 367 g/mol. The normalized spacial score (nSPS) is 11.0. The van der Waals surface area contributed by atoms with Crippen molar-refractivity contribution in [1.29, 1.82) is 0 Å². The molecule has 1 heterocycles. The van der Waals surface area contributed by atoms with Crippen LogP contribution in [0.25, 0.3) is 11.0 Å². The largest absolute Gasteiger partial charge is 0.493 e. The zero-order valence-corrected chi connectivity index (χ0v) is 15.9. The van der Waals surface area contributed by atoms with Crippen LogP contribution in [0.4, 0.5) is 0 Å². The van der Waals surface area contributed by atoms with Crippen molar-refractivity contribution in [2.75, 3.05) is 13.7 Å². The van der Waals surface area contributed by atoms with Gasteiger partial charge < -0.3 is 19.8 Å². The summed E-state index contributed by atoms with van der Waals surface area (Å²) in [6.07, 6.45) is 1.62. The van der Waals surface area contributed by atoms with Gasteiger partial charge in [0.2, 0.25) is 0 Å². The molecule has 27 heavy (non-hydrogen) atoms. The summed E-state index contributed by atoms with van der Waals surface area (Å²) in [5.74, 6) is 1.99. The summed E-state index contributed by atoms with van der Waals surface area (Å²) < 4.78 is 11.0. The van der Waals surface area contributed by atoms with Gasteiger partial charge in [-0.05, 0) is 50.6 Å². The van der Waals surface area contributed by atoms with Crippen molar-refractivity contribution in [3.05, 3.63) is 53.9 Å². The quantitative estimate of drug-likeness (QED) is 0.595. The molecule has 0 fully saturated rings. The predicted octanol–water partition coefficient (Wildman–Crippen LogP) is 3.72. The van der Waals surface area contributed by atoms with E-state index in [4.69, 9.17) is 9.47 Å². The van der Waals surface area contributed by atoms with E-state index in [2.05, 4.69) is 15.3 Å². The molecule has 0 radical (unpaired) electrons. The van der Waals surface area contributed by atoms with Crippen molar-refractivity contribution < 1.29 is 14.3 Å². The lowest BCUT2D eigenvalue weighted by atomic mass is 10.2. The molecule has 6 heteroatoms. The number of H-pyrrole nitrogens is 1. The van der Waals surface area contributed by atoms with E-state index in [1.165, 1.54) is 0 Å². The summed E-state index contributed by atoms with van der Waals surface area (Å²) in [5.41, 5.74) is 2.55. The van der Waals surface area contributed by atoms with Gasteiger partial charge in [0.05, 0.1) is 24.2 Å². The molecule has 142 valence electrons. The van der Waals surface area contributed by atoms with Crippen molar-refractivity contribution >= 4 is 16.9 Å². The molecule has 3 aromatic rings. The molecule has 1 amide bonds. The SMILES string of the molecule is COc1cc(C(=O)NCCCc2nc3ccccc3[nH]2)ccc1OC(C)C. The highest BCUT2D eigenvalue weighted by atomic mass is 16.5. The average Bonchev–Trinajstić information content (AvgIpc) is 3.07. The number of fused-ring (bicyclic) bond motifs is 1. The van der Waals surface area contributed by atoms with E-state index in [0.29, 0.717) is 23.6 Å². The Labute approximate surface area is 158 Å². The van der Waals surface area contributed by atoms with Gasteiger partial charge in [0.15, 0.2) is 11.5 Å². The molecule has 3 rings (SSSR count). The molecule has 0 saturated heterocycles. The number of methoxy groups -OCH3 is 1. The smallest absolute Gasteiger partial charge is 0.251 e. The number of rotatable bonds is 8. The summed E-state index contributed by atoms with van der Waals surface area (Å²) in [5, 5.41) is 2.94. The number of aryl methyl sites for hydroxylation is 1. The van der Waals surface area contributed by atoms with Crippen LogP contribution in [0.2, 0.25) is 0 Å². The number of hydrogen-bond donors (Lipinski definition) is 2. The third-order valence-electron chi connectivity index (χ3n) is 4.10. The first-order valence-corrected chi connectivity index (χ1v) is 9.13. The second kappa shape index (κ2) is 8.58. The van der Waals surface area contributed by atoms with Crippen LogP contribution >= 0.6 is 0 Å². The molecule has 0 unspecified atom stereocenters. The number of amides is 1. The Hall–Kier alpha value is -3.02. The van der Waals surface area contributed by atoms with Crippen molar-refractivity contribution in [2.45, 2.75) is 32.8 Å². The van der Waals surface area contributed by atoms with Crippen LogP contribution in [0.15, 0.2) is 42.5 Å². The zero-order chi connectivity index (χ0) is 19.2. The standard InChI is InChI=1S/C21H25N3O3/c1-14(2)27-18-11-10-15(13-19(18)26-3)21(25)22-12-6-9-20-23-16-7-4-5-8-17(16)24-20/h4-5,7-8,10-11,13-14H,6,9,12H2,1-3H3,(H,22,25)(H,23,24). The highest BCUT2D eigenvalue weighted by molar-refractivity contribution is 5.94. The number of hydrogen-bond acceptors (Lipinski definition) is 4. The van der Waals surface area contributed by atoms with E-state index in [0.717, 1.165) is 29.7 Å². The van der Waals surface area contributed by atoms with Crippen molar-refractivity contribution in [3.8, 4) is 11.5 Å². The second-order valence-corrected chi connectivity index (χ2v) is 6.59. The highest BCUT2D eigenvalue weighted by Crippen LogP contribution is 2.28. The number of carbonyl (C=O) groups excluding carboxylic acids is 1. The van der Waals surface area contributed by atoms with Gasteiger partial charge >= 0.3 is 0 Å². The number of aromatic amines is 1. The summed E-state index contributed by atoms with van der Waals surface area (Å²) >= 11 is 0. The fourth-order valence-electron chi connectivity index (χ4n) is 2.84. The summed E-state index contributed by atoms with van der Waals surface area (Å²) in [7, 11) is 1.57. The van der Waals surface area contributed by atoms with Crippen LogP contribution in [-0.4, -0.2) is 35.6 Å². The predicted molar refractivity (Wildman–Crippen MR) is 106 cm³/mol. The Bertz CT molecular complexity index is 885. The van der Waals surface area contributed by atoms with Gasteiger partial charge in [-0.1, -0.05) is 12.1 Å². The minimum atomic E-state index is -0.131. The Balaban J connectivity index is 1.52. The molecule has 0 atom stereocenters. The van der Waals surface area contributed by atoms with Crippen molar-refractivity contribution in [1.82, 2.24) is 15.3 Å². The number of imidazole rings is 1. The van der Waals surface area contributed by atoms with Gasteiger partial charge in [-0.3, -0.25) is 4.79 Å². The number of benzene rings is 2. The molecule has 0 spiro atoms. The summed E-state index contributed by atoms with van der Waals surface area (Å²) in [6.45, 7) is 4.46. The lowest BCUT2D eigenvalue weighted by Gasteiger charge is -2.14. The fourth-order valence-corrected chi connectivity index (χ4v) is 2.84. The summed E-state index contributed by atoms with van der Waals surface area (Å²) in [6, 6.07) is 13.2. The Kier molecular flexibility index (Phi) is 5.96.